The van der Waals surface area contributed by atoms with E-state index in [4.69, 9.17) is 4.74 Å². The predicted molar refractivity (Wildman–Crippen MR) is 76.7 cm³/mol. The van der Waals surface area contributed by atoms with Crippen molar-refractivity contribution in [3.05, 3.63) is 0 Å². The summed E-state index contributed by atoms with van der Waals surface area (Å²) in [5.74, 6) is -0.487. The third-order valence-electron chi connectivity index (χ3n) is 4.28. The number of rotatable bonds is 3. The van der Waals surface area contributed by atoms with Gasteiger partial charge in [-0.25, -0.2) is 0 Å². The largest absolute Gasteiger partial charge is 0.469 e. The number of hydrogen-bond acceptors (Lipinski definition) is 5. The molecule has 2 fully saturated rings. The maximum absolute atomic E-state index is 12.6. The van der Waals surface area contributed by atoms with E-state index < -0.39 is 15.8 Å². The molecule has 8 heteroatoms. The van der Waals surface area contributed by atoms with Crippen molar-refractivity contribution in [3.63, 3.8) is 0 Å². The Kier molecular flexibility index (Phi) is 4.92. The summed E-state index contributed by atoms with van der Waals surface area (Å²) in [5.41, 5.74) is -0.963. The molecule has 0 aromatic rings. The molecule has 0 radical (unpaired) electrons. The molecule has 2 heterocycles. The Morgan fingerprint density at radius 2 is 1.86 bits per heavy atom. The summed E-state index contributed by atoms with van der Waals surface area (Å²) < 4.78 is 32.7. The van der Waals surface area contributed by atoms with Crippen LogP contribution in [0.25, 0.3) is 0 Å². The van der Waals surface area contributed by atoms with Gasteiger partial charge in [0.1, 0.15) is 0 Å². The first-order valence-corrected chi connectivity index (χ1v) is 8.71. The van der Waals surface area contributed by atoms with Crippen molar-refractivity contribution in [3.8, 4) is 0 Å². The number of ether oxygens (including phenoxy) is 1. The Balaban J connectivity index is 2.00. The Morgan fingerprint density at radius 1 is 1.24 bits per heavy atom. The molecule has 0 aliphatic carbocycles. The molecule has 2 saturated heterocycles. The van der Waals surface area contributed by atoms with E-state index in [0.29, 0.717) is 45.3 Å². The molecule has 122 valence electrons. The van der Waals surface area contributed by atoms with Gasteiger partial charge < -0.3 is 9.84 Å². The molecular formula is C13H24N2O5S. The molecule has 1 unspecified atom stereocenters. The zero-order valence-electron chi connectivity index (χ0n) is 12.6. The lowest BCUT2D eigenvalue weighted by atomic mass is 9.97. The van der Waals surface area contributed by atoms with Crippen LogP contribution >= 0.6 is 0 Å². The second-order valence-corrected chi connectivity index (χ2v) is 8.07. The molecule has 21 heavy (non-hydrogen) atoms. The van der Waals surface area contributed by atoms with Crippen LogP contribution in [0.2, 0.25) is 0 Å². The summed E-state index contributed by atoms with van der Waals surface area (Å²) in [6.45, 7) is 2.88. The molecule has 2 aliphatic heterocycles. The molecule has 2 rings (SSSR count). The van der Waals surface area contributed by atoms with Crippen molar-refractivity contribution < 1.29 is 23.1 Å². The van der Waals surface area contributed by atoms with E-state index in [1.165, 1.54) is 15.7 Å². The molecule has 0 bridgehead atoms. The van der Waals surface area contributed by atoms with Gasteiger partial charge in [0.15, 0.2) is 0 Å². The lowest BCUT2D eigenvalue weighted by Gasteiger charge is -2.40. The van der Waals surface area contributed by atoms with Crippen LogP contribution in [0.15, 0.2) is 0 Å². The van der Waals surface area contributed by atoms with Crippen molar-refractivity contribution in [1.29, 1.82) is 0 Å². The minimum atomic E-state index is -3.56. The summed E-state index contributed by atoms with van der Waals surface area (Å²) in [6, 6.07) is 0. The predicted octanol–water partition coefficient (Wildman–Crippen LogP) is -0.0370. The van der Waals surface area contributed by atoms with Crippen molar-refractivity contribution in [2.45, 2.75) is 38.2 Å². The zero-order chi connectivity index (χ0) is 15.7. The number of aliphatic hydroxyl groups is 1. The Bertz CT molecular complexity index is 483. The molecule has 0 saturated carbocycles. The molecule has 7 nitrogen and oxygen atoms in total. The van der Waals surface area contributed by atoms with Crippen LogP contribution in [-0.2, 0) is 19.7 Å². The summed E-state index contributed by atoms with van der Waals surface area (Å²) in [4.78, 5) is 11.5. The van der Waals surface area contributed by atoms with Gasteiger partial charge in [0, 0.05) is 26.2 Å². The number of esters is 1. The van der Waals surface area contributed by atoms with Crippen LogP contribution in [0.3, 0.4) is 0 Å². The standard InChI is InChI=1S/C13H24N2O5S/c1-13(17)6-3-7-15(10-13)21(18,19)14-8-4-11(5-9-14)12(16)20-2/h11,17H,3-10H2,1-2H3. The zero-order valence-corrected chi connectivity index (χ0v) is 13.4. The molecule has 0 amide bonds. The average Bonchev–Trinajstić information content (AvgIpc) is 2.45. The number of methoxy groups -OCH3 is 1. The Hall–Kier alpha value is -0.700. The van der Waals surface area contributed by atoms with Gasteiger partial charge in [0.25, 0.3) is 10.2 Å². The van der Waals surface area contributed by atoms with Gasteiger partial charge in [0.2, 0.25) is 0 Å². The first-order chi connectivity index (χ1) is 9.76. The van der Waals surface area contributed by atoms with Gasteiger partial charge in [-0.1, -0.05) is 0 Å². The Morgan fingerprint density at radius 3 is 2.38 bits per heavy atom. The minimum absolute atomic E-state index is 0.131. The summed E-state index contributed by atoms with van der Waals surface area (Å²) in [6.07, 6.45) is 2.24. The molecule has 0 spiro atoms. The first kappa shape index (κ1) is 16.7. The van der Waals surface area contributed by atoms with Gasteiger partial charge in [-0.3, -0.25) is 4.79 Å². The number of hydrogen-bond donors (Lipinski definition) is 1. The number of carbonyl (C=O) groups excluding carboxylic acids is 1. The highest BCUT2D eigenvalue weighted by molar-refractivity contribution is 7.86. The van der Waals surface area contributed by atoms with Gasteiger partial charge in [-0.15, -0.1) is 0 Å². The monoisotopic (exact) mass is 320 g/mol. The van der Waals surface area contributed by atoms with E-state index >= 15 is 0 Å². The fourth-order valence-electron chi connectivity index (χ4n) is 3.02. The SMILES string of the molecule is COC(=O)C1CCN(S(=O)(=O)N2CCCC(C)(O)C2)CC1. The van der Waals surface area contributed by atoms with E-state index in [9.17, 15) is 18.3 Å². The molecule has 1 N–H and O–H groups in total. The minimum Gasteiger partial charge on any atom is -0.469 e. The smallest absolute Gasteiger partial charge is 0.308 e. The van der Waals surface area contributed by atoms with Crippen LogP contribution in [0.5, 0.6) is 0 Å². The molecule has 0 aromatic heterocycles. The van der Waals surface area contributed by atoms with Gasteiger partial charge >= 0.3 is 5.97 Å². The highest BCUT2D eigenvalue weighted by atomic mass is 32.2. The number of β-amino-alcohol motifs (C(OH)–C–C–N with tert-alkyl or cyclic N) is 1. The van der Waals surface area contributed by atoms with Gasteiger partial charge in [-0.05, 0) is 32.6 Å². The summed E-state index contributed by atoms with van der Waals surface area (Å²) >= 11 is 0. The third-order valence-corrected chi connectivity index (χ3v) is 6.26. The number of nitrogens with zero attached hydrogens (tertiary/aromatic N) is 2. The van der Waals surface area contributed by atoms with Crippen LogP contribution in [0, 0.1) is 5.92 Å². The lowest BCUT2D eigenvalue weighted by Crippen LogP contribution is -2.54. The lowest BCUT2D eigenvalue weighted by molar-refractivity contribution is -0.146. The molecule has 1 atom stereocenters. The van der Waals surface area contributed by atoms with Crippen molar-refractivity contribution >= 4 is 16.2 Å². The van der Waals surface area contributed by atoms with Crippen molar-refractivity contribution in [2.75, 3.05) is 33.3 Å². The maximum Gasteiger partial charge on any atom is 0.308 e. The van der Waals surface area contributed by atoms with Crippen molar-refractivity contribution in [2.24, 2.45) is 5.92 Å². The summed E-state index contributed by atoms with van der Waals surface area (Å²) in [7, 11) is -2.21. The number of piperidine rings is 2. The molecule has 2 aliphatic rings. The van der Waals surface area contributed by atoms with E-state index in [-0.39, 0.29) is 18.4 Å². The highest BCUT2D eigenvalue weighted by Gasteiger charge is 2.39. The molecular weight excluding hydrogens is 296 g/mol. The first-order valence-electron chi connectivity index (χ1n) is 7.32. The summed E-state index contributed by atoms with van der Waals surface area (Å²) in [5, 5.41) is 10.1. The Labute approximate surface area is 126 Å². The average molecular weight is 320 g/mol. The number of carbonyl (C=O) groups is 1. The van der Waals surface area contributed by atoms with Gasteiger partial charge in [0.05, 0.1) is 18.6 Å². The normalized spacial score (nSPS) is 30.2. The second kappa shape index (κ2) is 6.20. The van der Waals surface area contributed by atoms with E-state index in [0.717, 1.165) is 0 Å². The topological polar surface area (TPSA) is 87.2 Å². The van der Waals surface area contributed by atoms with Gasteiger partial charge in [-0.2, -0.15) is 17.0 Å². The van der Waals surface area contributed by atoms with Crippen LogP contribution in [0.1, 0.15) is 32.6 Å². The van der Waals surface area contributed by atoms with E-state index in [1.807, 2.05) is 0 Å². The van der Waals surface area contributed by atoms with E-state index in [2.05, 4.69) is 0 Å². The second-order valence-electron chi connectivity index (χ2n) is 6.14. The van der Waals surface area contributed by atoms with Crippen LogP contribution < -0.4 is 0 Å². The fraction of sp³-hybridized carbons (Fsp3) is 0.923. The third kappa shape index (κ3) is 3.74. The van der Waals surface area contributed by atoms with Crippen molar-refractivity contribution in [1.82, 2.24) is 8.61 Å². The fourth-order valence-corrected chi connectivity index (χ4v) is 4.82. The maximum atomic E-state index is 12.6. The quantitative estimate of drug-likeness (QED) is 0.738. The van der Waals surface area contributed by atoms with E-state index in [1.54, 1.807) is 6.92 Å². The molecule has 0 aromatic carbocycles. The van der Waals surface area contributed by atoms with Crippen LogP contribution in [0.4, 0.5) is 0 Å². The highest BCUT2D eigenvalue weighted by Crippen LogP contribution is 2.27. The van der Waals surface area contributed by atoms with Crippen LogP contribution in [-0.4, -0.2) is 67.0 Å².